The molecule has 2 aromatic rings. The number of aliphatic hydroxyl groups is 1. The minimum atomic E-state index is -4.40. The molecule has 2 aromatic heterocycles. The number of aliphatic hydroxyl groups excluding tert-OH is 1. The largest absolute Gasteiger partial charge is 0.396 e. The van der Waals surface area contributed by atoms with E-state index in [0.717, 1.165) is 0 Å². The van der Waals surface area contributed by atoms with Gasteiger partial charge in [-0.2, -0.15) is 13.2 Å². The molecule has 0 saturated carbocycles. The fourth-order valence-corrected chi connectivity index (χ4v) is 5.82. The number of rotatable bonds is 5. The lowest BCUT2D eigenvalue weighted by atomic mass is 9.88. The number of ether oxygens (including phenoxy) is 1. The second-order valence-corrected chi connectivity index (χ2v) is 9.26. The Morgan fingerprint density at radius 1 is 1.14 bits per heavy atom. The number of carbonyl (C=O) groups excluding carboxylic acids is 1. The summed E-state index contributed by atoms with van der Waals surface area (Å²) in [6.45, 7) is 0.953. The van der Waals surface area contributed by atoms with Gasteiger partial charge in [0.1, 0.15) is 0 Å². The zero-order valence-corrected chi connectivity index (χ0v) is 19.0. The predicted molar refractivity (Wildman–Crippen MR) is 119 cm³/mol. The molecule has 0 bridgehead atoms. The number of fused-ring (bicyclic) bond motifs is 3. The molecule has 1 N–H and O–H groups in total. The van der Waals surface area contributed by atoms with Crippen molar-refractivity contribution >= 4 is 5.91 Å². The first-order chi connectivity index (χ1) is 16.8. The third-order valence-electron chi connectivity index (χ3n) is 7.41. The van der Waals surface area contributed by atoms with Crippen LogP contribution < -0.4 is 5.56 Å². The summed E-state index contributed by atoms with van der Waals surface area (Å²) >= 11 is 0. The molecule has 0 aliphatic carbocycles. The molecule has 5 rings (SSSR count). The average Bonchev–Trinajstić information content (AvgIpc) is 3.38. The summed E-state index contributed by atoms with van der Waals surface area (Å²) in [5.41, 5.74) is 1.51. The minimum Gasteiger partial charge on any atom is -0.396 e. The molecule has 35 heavy (non-hydrogen) atoms. The fraction of sp³-hybridized carbons (Fsp3) is 0.542. The highest BCUT2D eigenvalue weighted by Gasteiger charge is 2.56. The molecule has 0 radical (unpaired) electrons. The minimum absolute atomic E-state index is 0.235. The Morgan fingerprint density at radius 3 is 2.51 bits per heavy atom. The maximum absolute atomic E-state index is 13.5. The zero-order valence-electron chi connectivity index (χ0n) is 19.0. The Bertz CT molecular complexity index is 1130. The summed E-state index contributed by atoms with van der Waals surface area (Å²) in [5, 5.41) is 10.3. The van der Waals surface area contributed by atoms with E-state index in [2.05, 4.69) is 4.98 Å². The number of amides is 1. The van der Waals surface area contributed by atoms with Gasteiger partial charge in [0, 0.05) is 68.3 Å². The molecule has 5 heterocycles. The maximum atomic E-state index is 13.5. The van der Waals surface area contributed by atoms with Crippen molar-refractivity contribution in [2.24, 2.45) is 11.8 Å². The summed E-state index contributed by atoms with van der Waals surface area (Å²) in [5.74, 6) is -1.23. The van der Waals surface area contributed by atoms with Gasteiger partial charge in [0.05, 0.1) is 31.7 Å². The quantitative estimate of drug-likeness (QED) is 0.684. The van der Waals surface area contributed by atoms with Gasteiger partial charge >= 0.3 is 6.18 Å². The van der Waals surface area contributed by atoms with E-state index in [1.54, 1.807) is 51.0 Å². The van der Waals surface area contributed by atoms with Crippen LogP contribution in [0.25, 0.3) is 11.1 Å². The molecule has 4 atom stereocenters. The van der Waals surface area contributed by atoms with Crippen LogP contribution >= 0.6 is 0 Å². The predicted octanol–water partition coefficient (Wildman–Crippen LogP) is 1.69. The van der Waals surface area contributed by atoms with Crippen LogP contribution in [-0.2, 0) is 16.1 Å². The monoisotopic (exact) mass is 492 g/mol. The first-order valence-corrected chi connectivity index (χ1v) is 11.7. The van der Waals surface area contributed by atoms with E-state index in [1.165, 1.54) is 0 Å². The van der Waals surface area contributed by atoms with E-state index in [1.807, 2.05) is 0 Å². The average molecular weight is 492 g/mol. The van der Waals surface area contributed by atoms with Crippen LogP contribution in [0.15, 0.2) is 41.5 Å². The normalized spacial score (nSPS) is 26.6. The molecule has 2 fully saturated rings. The lowest BCUT2D eigenvalue weighted by molar-refractivity contribution is -0.149. The lowest BCUT2D eigenvalue weighted by Crippen LogP contribution is -2.53. The van der Waals surface area contributed by atoms with Gasteiger partial charge in [-0.3, -0.25) is 19.5 Å². The van der Waals surface area contributed by atoms with Crippen LogP contribution in [0.1, 0.15) is 18.2 Å². The van der Waals surface area contributed by atoms with Crippen molar-refractivity contribution in [1.29, 1.82) is 0 Å². The van der Waals surface area contributed by atoms with Gasteiger partial charge in [-0.15, -0.1) is 0 Å². The number of aromatic nitrogens is 2. The first-order valence-electron chi connectivity index (χ1n) is 11.7. The van der Waals surface area contributed by atoms with Gasteiger partial charge in [0.15, 0.2) is 0 Å². The Kier molecular flexibility index (Phi) is 6.41. The van der Waals surface area contributed by atoms with Crippen molar-refractivity contribution in [3.63, 3.8) is 0 Å². The van der Waals surface area contributed by atoms with Gasteiger partial charge < -0.3 is 19.3 Å². The van der Waals surface area contributed by atoms with E-state index >= 15 is 0 Å². The molecular formula is C24H27F3N4O4. The van der Waals surface area contributed by atoms with Crippen LogP contribution in [0.2, 0.25) is 0 Å². The number of nitrogens with zero attached hydrogens (tertiary/aromatic N) is 4. The van der Waals surface area contributed by atoms with Gasteiger partial charge in [-0.25, -0.2) is 0 Å². The van der Waals surface area contributed by atoms with Crippen molar-refractivity contribution in [3.8, 4) is 11.1 Å². The van der Waals surface area contributed by atoms with Crippen molar-refractivity contribution in [2.75, 3.05) is 39.5 Å². The second kappa shape index (κ2) is 9.36. The SMILES string of the molecule is O=C([C@@H]1[C@@H](CO)[C@@H]2Cn3c(ccc(-c4ccncc4)c3=O)[C@@H]2N1CCC(F)(F)F)N1CCOCC1. The Balaban J connectivity index is 1.54. The van der Waals surface area contributed by atoms with Crippen molar-refractivity contribution in [1.82, 2.24) is 19.4 Å². The summed E-state index contributed by atoms with van der Waals surface area (Å²) < 4.78 is 46.7. The number of morpholine rings is 1. The smallest absolute Gasteiger partial charge is 0.390 e. The number of hydrogen-bond acceptors (Lipinski definition) is 6. The third kappa shape index (κ3) is 4.36. The highest BCUT2D eigenvalue weighted by Crippen LogP contribution is 2.50. The zero-order chi connectivity index (χ0) is 24.7. The van der Waals surface area contributed by atoms with Crippen LogP contribution in [0.4, 0.5) is 13.2 Å². The molecule has 0 spiro atoms. The van der Waals surface area contributed by atoms with E-state index in [4.69, 9.17) is 4.74 Å². The summed E-state index contributed by atoms with van der Waals surface area (Å²) in [4.78, 5) is 34.0. The Hall–Kier alpha value is -2.76. The number of likely N-dealkylation sites (tertiary alicyclic amines) is 1. The number of alkyl halides is 3. The maximum Gasteiger partial charge on any atom is 0.390 e. The van der Waals surface area contributed by atoms with E-state index in [0.29, 0.717) is 43.1 Å². The second-order valence-electron chi connectivity index (χ2n) is 9.26. The van der Waals surface area contributed by atoms with Crippen LogP contribution in [0, 0.1) is 11.8 Å². The number of carbonyl (C=O) groups is 1. The van der Waals surface area contributed by atoms with Crippen LogP contribution in [0.3, 0.4) is 0 Å². The van der Waals surface area contributed by atoms with Crippen LogP contribution in [-0.4, -0.2) is 82.0 Å². The molecule has 1 amide bonds. The highest BCUT2D eigenvalue weighted by molar-refractivity contribution is 5.83. The molecule has 3 aliphatic heterocycles. The van der Waals surface area contributed by atoms with Crippen LogP contribution in [0.5, 0.6) is 0 Å². The topological polar surface area (TPSA) is 87.9 Å². The first kappa shape index (κ1) is 24.0. The van der Waals surface area contributed by atoms with Crippen molar-refractivity contribution < 1.29 is 27.8 Å². The standard InChI is InChI=1S/C24H27F3N4O4/c25-24(26,27)5-8-30-20-17(18(14-32)21(30)23(34)29-9-11-35-12-10-29)13-31-19(20)2-1-16(22(31)33)15-3-6-28-7-4-15/h1-4,6-7,17-18,20-21,32H,5,8-14H2/t17-,18-,20+,21-/m0/s1. The summed E-state index contributed by atoms with van der Waals surface area (Å²) in [6.07, 6.45) is -2.31. The lowest BCUT2D eigenvalue weighted by Gasteiger charge is -2.36. The number of halogens is 3. The van der Waals surface area contributed by atoms with E-state index < -0.39 is 30.6 Å². The molecule has 0 unspecified atom stereocenters. The van der Waals surface area contributed by atoms with Crippen molar-refractivity contribution in [2.45, 2.75) is 31.2 Å². The molecule has 3 aliphatic rings. The number of pyridine rings is 2. The van der Waals surface area contributed by atoms with Crippen molar-refractivity contribution in [3.05, 3.63) is 52.7 Å². The van der Waals surface area contributed by atoms with E-state index in [9.17, 15) is 27.9 Å². The highest BCUT2D eigenvalue weighted by atomic mass is 19.4. The molecule has 0 aromatic carbocycles. The van der Waals surface area contributed by atoms with Gasteiger partial charge in [0.25, 0.3) is 5.56 Å². The summed E-state index contributed by atoms with van der Waals surface area (Å²) in [6, 6.07) is 5.44. The molecule has 11 heteroatoms. The fourth-order valence-electron chi connectivity index (χ4n) is 5.82. The molecular weight excluding hydrogens is 465 g/mol. The Labute approximate surface area is 199 Å². The van der Waals surface area contributed by atoms with Gasteiger partial charge in [-0.1, -0.05) is 0 Å². The van der Waals surface area contributed by atoms with Gasteiger partial charge in [-0.05, 0) is 29.8 Å². The molecule has 188 valence electrons. The number of hydrogen-bond donors (Lipinski definition) is 1. The molecule has 2 saturated heterocycles. The Morgan fingerprint density at radius 2 is 1.86 bits per heavy atom. The summed E-state index contributed by atoms with van der Waals surface area (Å²) in [7, 11) is 0. The van der Waals surface area contributed by atoms with E-state index in [-0.39, 0.29) is 37.1 Å². The van der Waals surface area contributed by atoms with Gasteiger partial charge in [0.2, 0.25) is 5.91 Å². The third-order valence-corrected chi connectivity index (χ3v) is 7.41. The molecule has 8 nitrogen and oxygen atoms in total.